The highest BCUT2D eigenvalue weighted by molar-refractivity contribution is 5.78. The highest BCUT2D eigenvalue weighted by Crippen LogP contribution is 2.28. The van der Waals surface area contributed by atoms with Crippen LogP contribution in [0.3, 0.4) is 0 Å². The molecule has 0 spiro atoms. The lowest BCUT2D eigenvalue weighted by molar-refractivity contribution is 0.0768. The van der Waals surface area contributed by atoms with Crippen molar-refractivity contribution < 1.29 is 4.74 Å². The van der Waals surface area contributed by atoms with Crippen LogP contribution in [-0.4, -0.2) is 39.7 Å². The van der Waals surface area contributed by atoms with Crippen LogP contribution in [0.1, 0.15) is 49.9 Å². The molecule has 3 aromatic rings. The smallest absolute Gasteiger partial charge is 0.265 e. The first-order valence-corrected chi connectivity index (χ1v) is 11.6. The minimum atomic E-state index is -0.0286. The molecule has 0 N–H and O–H groups in total. The van der Waals surface area contributed by atoms with Gasteiger partial charge in [-0.3, -0.25) is 9.36 Å². The number of ether oxygens (including phenoxy) is 1. The summed E-state index contributed by atoms with van der Waals surface area (Å²) in [6, 6.07) is 14.5. The van der Waals surface area contributed by atoms with Crippen LogP contribution in [0, 0.1) is 13.8 Å². The predicted octanol–water partition coefficient (Wildman–Crippen LogP) is 4.79. The number of aryl methyl sites for hydroxylation is 2. The molecule has 5 heteroatoms. The summed E-state index contributed by atoms with van der Waals surface area (Å²) in [4.78, 5) is 20.4. The van der Waals surface area contributed by atoms with Crippen LogP contribution in [0.2, 0.25) is 0 Å². The van der Waals surface area contributed by atoms with Gasteiger partial charge in [-0.1, -0.05) is 24.5 Å². The number of fused-ring (bicyclic) bond motifs is 1. The molecule has 0 amide bonds. The first-order valence-electron chi connectivity index (χ1n) is 11.6. The number of nitrogens with zero attached hydrogens (tertiary/aromatic N) is 3. The zero-order valence-electron chi connectivity index (χ0n) is 18.5. The van der Waals surface area contributed by atoms with Crippen LogP contribution in [0.15, 0.2) is 47.3 Å². The van der Waals surface area contributed by atoms with Gasteiger partial charge in [-0.15, -0.1) is 0 Å². The zero-order valence-corrected chi connectivity index (χ0v) is 18.5. The average molecular weight is 418 g/mol. The monoisotopic (exact) mass is 417 g/mol. The van der Waals surface area contributed by atoms with E-state index in [-0.39, 0.29) is 11.7 Å². The van der Waals surface area contributed by atoms with Gasteiger partial charge in [0.2, 0.25) is 0 Å². The standard InChI is InChI=1S/C26H31N3O2/c1-18-7-12-25-24(17-18)26(30)29(19(2)27-25)21-8-10-22(11-9-21)31-23-13-15-28(16-14-23)20-5-3-4-6-20/h7-12,17,20,23H,3-6,13-16H2,1-2H3. The molecule has 2 aromatic carbocycles. The quantitative estimate of drug-likeness (QED) is 0.612. The Morgan fingerprint density at radius 2 is 1.65 bits per heavy atom. The van der Waals surface area contributed by atoms with Gasteiger partial charge in [-0.05, 0) is 75.9 Å². The summed E-state index contributed by atoms with van der Waals surface area (Å²) in [5, 5.41) is 0.653. The third-order valence-electron chi connectivity index (χ3n) is 6.91. The number of hydrogen-bond acceptors (Lipinski definition) is 4. The Balaban J connectivity index is 1.30. The van der Waals surface area contributed by atoms with E-state index in [2.05, 4.69) is 9.88 Å². The minimum absolute atomic E-state index is 0.0286. The van der Waals surface area contributed by atoms with Gasteiger partial charge in [0.25, 0.3) is 5.56 Å². The van der Waals surface area contributed by atoms with Crippen molar-refractivity contribution in [2.45, 2.75) is 64.5 Å². The molecule has 5 nitrogen and oxygen atoms in total. The molecule has 0 atom stereocenters. The Morgan fingerprint density at radius 1 is 0.935 bits per heavy atom. The van der Waals surface area contributed by atoms with E-state index < -0.39 is 0 Å². The first kappa shape index (κ1) is 20.3. The summed E-state index contributed by atoms with van der Waals surface area (Å²) < 4.78 is 7.96. The maximum Gasteiger partial charge on any atom is 0.265 e. The Kier molecular flexibility index (Phi) is 5.53. The van der Waals surface area contributed by atoms with Crippen molar-refractivity contribution >= 4 is 10.9 Å². The third-order valence-corrected chi connectivity index (χ3v) is 6.91. The molecule has 1 saturated heterocycles. The van der Waals surface area contributed by atoms with Crippen molar-refractivity contribution in [2.75, 3.05) is 13.1 Å². The van der Waals surface area contributed by atoms with Crippen molar-refractivity contribution in [3.8, 4) is 11.4 Å². The summed E-state index contributed by atoms with van der Waals surface area (Å²) in [7, 11) is 0. The van der Waals surface area contributed by atoms with Gasteiger partial charge in [0.1, 0.15) is 17.7 Å². The van der Waals surface area contributed by atoms with E-state index >= 15 is 0 Å². The fourth-order valence-corrected chi connectivity index (χ4v) is 5.21. The SMILES string of the molecule is Cc1ccc2nc(C)n(-c3ccc(OC4CCN(C5CCCC5)CC4)cc3)c(=O)c2c1. The van der Waals surface area contributed by atoms with Gasteiger partial charge in [-0.2, -0.15) is 0 Å². The summed E-state index contributed by atoms with van der Waals surface area (Å²) in [5.41, 5.74) is 2.60. The molecule has 1 saturated carbocycles. The summed E-state index contributed by atoms with van der Waals surface area (Å²) in [6.07, 6.45) is 7.97. The van der Waals surface area contributed by atoms with Crippen LogP contribution in [0.4, 0.5) is 0 Å². The number of hydrogen-bond donors (Lipinski definition) is 0. The van der Waals surface area contributed by atoms with Crippen LogP contribution in [-0.2, 0) is 0 Å². The van der Waals surface area contributed by atoms with E-state index in [0.717, 1.165) is 54.5 Å². The highest BCUT2D eigenvalue weighted by Gasteiger charge is 2.27. The van der Waals surface area contributed by atoms with Gasteiger partial charge < -0.3 is 9.64 Å². The molecule has 2 heterocycles. The fraction of sp³-hybridized carbons (Fsp3) is 0.462. The Bertz CT molecular complexity index is 1120. The average Bonchev–Trinajstić information content (AvgIpc) is 3.31. The van der Waals surface area contributed by atoms with Crippen LogP contribution in [0.5, 0.6) is 5.75 Å². The molecule has 5 rings (SSSR count). The van der Waals surface area contributed by atoms with Crippen molar-refractivity contribution in [1.82, 2.24) is 14.5 Å². The lowest BCUT2D eigenvalue weighted by Crippen LogP contribution is -2.43. The lowest BCUT2D eigenvalue weighted by atomic mass is 10.0. The molecular formula is C26H31N3O2. The molecule has 1 aliphatic heterocycles. The summed E-state index contributed by atoms with van der Waals surface area (Å²) in [6.45, 7) is 6.16. The van der Waals surface area contributed by atoms with E-state index in [1.165, 1.54) is 25.7 Å². The third kappa shape index (κ3) is 4.11. The number of rotatable bonds is 4. The zero-order chi connectivity index (χ0) is 21.4. The van der Waals surface area contributed by atoms with E-state index in [9.17, 15) is 4.79 Å². The molecule has 0 radical (unpaired) electrons. The molecule has 1 aromatic heterocycles. The number of benzene rings is 2. The van der Waals surface area contributed by atoms with Gasteiger partial charge in [0, 0.05) is 19.1 Å². The molecule has 0 bridgehead atoms. The van der Waals surface area contributed by atoms with Gasteiger partial charge >= 0.3 is 0 Å². The van der Waals surface area contributed by atoms with Crippen molar-refractivity contribution in [3.63, 3.8) is 0 Å². The predicted molar refractivity (Wildman–Crippen MR) is 124 cm³/mol. The topological polar surface area (TPSA) is 47.4 Å². The normalized spacial score (nSPS) is 18.6. The van der Waals surface area contributed by atoms with Crippen molar-refractivity contribution in [3.05, 3.63) is 64.2 Å². The van der Waals surface area contributed by atoms with Crippen molar-refractivity contribution in [2.24, 2.45) is 0 Å². The number of likely N-dealkylation sites (tertiary alicyclic amines) is 1. The van der Waals surface area contributed by atoms with Crippen LogP contribution in [0.25, 0.3) is 16.6 Å². The maximum atomic E-state index is 13.1. The first-order chi connectivity index (χ1) is 15.1. The van der Waals surface area contributed by atoms with Crippen LogP contribution < -0.4 is 10.3 Å². The lowest BCUT2D eigenvalue weighted by Gasteiger charge is -2.36. The van der Waals surface area contributed by atoms with Crippen LogP contribution >= 0.6 is 0 Å². The van der Waals surface area contributed by atoms with E-state index in [1.807, 2.05) is 56.3 Å². The molecule has 1 aliphatic carbocycles. The molecule has 2 aliphatic rings. The second kappa shape index (κ2) is 8.46. The molecule has 162 valence electrons. The van der Waals surface area contributed by atoms with Gasteiger partial charge in [-0.25, -0.2) is 4.98 Å². The Morgan fingerprint density at radius 3 is 2.35 bits per heavy atom. The van der Waals surface area contributed by atoms with E-state index in [4.69, 9.17) is 4.74 Å². The van der Waals surface area contributed by atoms with Gasteiger partial charge in [0.05, 0.1) is 16.6 Å². The maximum absolute atomic E-state index is 13.1. The minimum Gasteiger partial charge on any atom is -0.490 e. The summed E-state index contributed by atoms with van der Waals surface area (Å²) in [5.74, 6) is 1.56. The molecule has 0 unspecified atom stereocenters. The molecular weight excluding hydrogens is 386 g/mol. The Hall–Kier alpha value is -2.66. The van der Waals surface area contributed by atoms with E-state index in [0.29, 0.717) is 11.2 Å². The second-order valence-corrected chi connectivity index (χ2v) is 9.11. The highest BCUT2D eigenvalue weighted by atomic mass is 16.5. The van der Waals surface area contributed by atoms with E-state index in [1.54, 1.807) is 4.57 Å². The largest absolute Gasteiger partial charge is 0.490 e. The van der Waals surface area contributed by atoms with Gasteiger partial charge in [0.15, 0.2) is 0 Å². The summed E-state index contributed by atoms with van der Waals surface area (Å²) >= 11 is 0. The number of piperidine rings is 1. The molecule has 31 heavy (non-hydrogen) atoms. The van der Waals surface area contributed by atoms with Crippen molar-refractivity contribution in [1.29, 1.82) is 0 Å². The second-order valence-electron chi connectivity index (χ2n) is 9.11. The fourth-order valence-electron chi connectivity index (χ4n) is 5.21. The Labute approximate surface area is 183 Å². The molecule has 2 fully saturated rings. The number of aromatic nitrogens is 2.